The zero-order valence-corrected chi connectivity index (χ0v) is 16.5. The molecule has 0 radical (unpaired) electrons. The number of carbonyl (C=O) groups excluding carboxylic acids is 1. The first-order chi connectivity index (χ1) is 14.1. The number of rotatable bonds is 4. The molecule has 0 spiro atoms. The summed E-state index contributed by atoms with van der Waals surface area (Å²) in [4.78, 5) is 12.7. The maximum Gasteiger partial charge on any atom is 0.310 e. The maximum atomic E-state index is 12.7. The summed E-state index contributed by atoms with van der Waals surface area (Å²) < 4.78 is 33.2. The van der Waals surface area contributed by atoms with Crippen molar-refractivity contribution in [3.05, 3.63) is 41.0 Å². The number of benzene rings is 2. The van der Waals surface area contributed by atoms with E-state index in [0.717, 1.165) is 28.9 Å². The molecular weight excluding hydrogens is 376 g/mol. The molecule has 1 saturated heterocycles. The van der Waals surface area contributed by atoms with Crippen LogP contribution < -0.4 is 23.7 Å². The summed E-state index contributed by atoms with van der Waals surface area (Å²) in [7, 11) is 4.74. The Hall–Kier alpha value is -3.09. The van der Waals surface area contributed by atoms with Crippen LogP contribution >= 0.6 is 0 Å². The molecule has 0 amide bonds. The molecule has 29 heavy (non-hydrogen) atoms. The molecule has 2 heterocycles. The highest BCUT2D eigenvalue weighted by atomic mass is 16.7. The quantitative estimate of drug-likeness (QED) is 0.733. The number of esters is 1. The Morgan fingerprint density at radius 2 is 1.59 bits per heavy atom. The molecule has 2 aromatic rings. The Balaban J connectivity index is 1.71. The van der Waals surface area contributed by atoms with E-state index in [4.69, 9.17) is 28.4 Å². The molecule has 0 aromatic heterocycles. The Morgan fingerprint density at radius 3 is 2.24 bits per heavy atom. The first kappa shape index (κ1) is 18.0. The zero-order chi connectivity index (χ0) is 20.1. The summed E-state index contributed by atoms with van der Waals surface area (Å²) in [6.07, 6.45) is 0.767. The third-order valence-electron chi connectivity index (χ3n) is 6.08. The highest BCUT2D eigenvalue weighted by molar-refractivity contribution is 5.78. The summed E-state index contributed by atoms with van der Waals surface area (Å²) in [5.41, 5.74) is 3.10. The molecule has 5 rings (SSSR count). The van der Waals surface area contributed by atoms with Crippen LogP contribution in [0.1, 0.15) is 22.6 Å². The standard InChI is InChI=1S/C22H22O7/c1-24-17-6-12(7-18(25-2)21(17)26-3)19-14-8-16-15(28-10-29-16)5-11(14)4-13-9-27-22(23)20(13)19/h5-8,13,19-20H,4,9-10H2,1-3H3/t13-,19-,20-/m1/s1. The number of cyclic esters (lactones) is 1. The van der Waals surface area contributed by atoms with Gasteiger partial charge < -0.3 is 28.4 Å². The van der Waals surface area contributed by atoms with E-state index in [1.807, 2.05) is 24.3 Å². The van der Waals surface area contributed by atoms with Gasteiger partial charge >= 0.3 is 5.97 Å². The second-order valence-corrected chi connectivity index (χ2v) is 7.46. The second-order valence-electron chi connectivity index (χ2n) is 7.46. The number of ether oxygens (including phenoxy) is 6. The molecule has 3 atom stereocenters. The summed E-state index contributed by atoms with van der Waals surface area (Å²) in [5.74, 6) is 2.53. The van der Waals surface area contributed by atoms with E-state index < -0.39 is 0 Å². The van der Waals surface area contributed by atoms with Crippen molar-refractivity contribution in [1.82, 2.24) is 0 Å². The van der Waals surface area contributed by atoms with Gasteiger partial charge in [-0.25, -0.2) is 0 Å². The third kappa shape index (κ3) is 2.68. The Bertz CT molecular complexity index is 958. The van der Waals surface area contributed by atoms with E-state index in [2.05, 4.69) is 0 Å². The van der Waals surface area contributed by atoms with Gasteiger partial charge in [-0.3, -0.25) is 4.79 Å². The first-order valence-corrected chi connectivity index (χ1v) is 9.53. The van der Waals surface area contributed by atoms with E-state index in [-0.39, 0.29) is 30.5 Å². The van der Waals surface area contributed by atoms with Gasteiger partial charge in [0.05, 0.1) is 33.9 Å². The molecule has 2 aromatic carbocycles. The lowest BCUT2D eigenvalue weighted by molar-refractivity contribution is -0.141. The summed E-state index contributed by atoms with van der Waals surface area (Å²) in [6.45, 7) is 0.639. The van der Waals surface area contributed by atoms with Crippen molar-refractivity contribution in [2.24, 2.45) is 11.8 Å². The molecule has 152 valence electrons. The molecule has 0 N–H and O–H groups in total. The smallest absolute Gasteiger partial charge is 0.310 e. The van der Waals surface area contributed by atoms with E-state index in [0.29, 0.717) is 29.6 Å². The zero-order valence-electron chi connectivity index (χ0n) is 16.5. The van der Waals surface area contributed by atoms with Crippen LogP contribution in [0.4, 0.5) is 0 Å². The Labute approximate surface area is 168 Å². The van der Waals surface area contributed by atoms with Crippen LogP contribution in [0, 0.1) is 11.8 Å². The predicted molar refractivity (Wildman–Crippen MR) is 102 cm³/mol. The lowest BCUT2D eigenvalue weighted by Crippen LogP contribution is -2.31. The van der Waals surface area contributed by atoms with Crippen LogP contribution in [0.2, 0.25) is 0 Å². The van der Waals surface area contributed by atoms with Crippen LogP contribution in [-0.4, -0.2) is 40.7 Å². The van der Waals surface area contributed by atoms with Crippen molar-refractivity contribution in [3.63, 3.8) is 0 Å². The van der Waals surface area contributed by atoms with Crippen LogP contribution in [0.15, 0.2) is 24.3 Å². The number of hydrogen-bond donors (Lipinski definition) is 0. The fourth-order valence-electron chi connectivity index (χ4n) is 4.79. The van der Waals surface area contributed by atoms with Gasteiger partial charge in [0.1, 0.15) is 0 Å². The number of fused-ring (bicyclic) bond motifs is 3. The fourth-order valence-corrected chi connectivity index (χ4v) is 4.79. The van der Waals surface area contributed by atoms with E-state index in [9.17, 15) is 4.79 Å². The summed E-state index contributed by atoms with van der Waals surface area (Å²) in [6, 6.07) is 7.84. The molecular formula is C22H22O7. The monoisotopic (exact) mass is 398 g/mol. The van der Waals surface area contributed by atoms with Crippen molar-refractivity contribution in [2.45, 2.75) is 12.3 Å². The second kappa shape index (κ2) is 6.76. The summed E-state index contributed by atoms with van der Waals surface area (Å²) >= 11 is 0. The van der Waals surface area contributed by atoms with Crippen molar-refractivity contribution >= 4 is 5.97 Å². The van der Waals surface area contributed by atoms with Gasteiger partial charge in [-0.15, -0.1) is 0 Å². The Kier molecular flexibility index (Phi) is 4.19. The van der Waals surface area contributed by atoms with E-state index in [1.165, 1.54) is 0 Å². The molecule has 7 nitrogen and oxygen atoms in total. The highest BCUT2D eigenvalue weighted by Gasteiger charge is 2.48. The third-order valence-corrected chi connectivity index (χ3v) is 6.08. The lowest BCUT2D eigenvalue weighted by atomic mass is 9.67. The predicted octanol–water partition coefficient (Wildman–Crippen LogP) is 2.92. The van der Waals surface area contributed by atoms with Gasteiger partial charge in [-0.2, -0.15) is 0 Å². The van der Waals surface area contributed by atoms with Gasteiger partial charge in [-0.05, 0) is 47.4 Å². The average Bonchev–Trinajstić information content (AvgIpc) is 3.35. The van der Waals surface area contributed by atoms with E-state index >= 15 is 0 Å². The molecule has 7 heteroatoms. The minimum Gasteiger partial charge on any atom is -0.493 e. The minimum absolute atomic E-state index is 0.111. The van der Waals surface area contributed by atoms with Crippen LogP contribution in [0.5, 0.6) is 28.7 Å². The van der Waals surface area contributed by atoms with Gasteiger partial charge in [0.2, 0.25) is 12.5 Å². The molecule has 0 saturated carbocycles. The van der Waals surface area contributed by atoms with Crippen molar-refractivity contribution in [3.8, 4) is 28.7 Å². The molecule has 0 bridgehead atoms. The van der Waals surface area contributed by atoms with Crippen LogP contribution in [0.3, 0.4) is 0 Å². The molecule has 2 aliphatic heterocycles. The molecule has 3 aliphatic rings. The largest absolute Gasteiger partial charge is 0.493 e. The van der Waals surface area contributed by atoms with Crippen molar-refractivity contribution < 1.29 is 33.2 Å². The molecule has 1 fully saturated rings. The SMILES string of the molecule is COc1cc([C@@H]2c3cc4c(cc3C[C@@H]3COC(=O)[C@H]32)OCO4)cc(OC)c1OC. The van der Waals surface area contributed by atoms with Gasteiger partial charge in [0.25, 0.3) is 0 Å². The number of methoxy groups -OCH3 is 3. The number of hydrogen-bond acceptors (Lipinski definition) is 7. The van der Waals surface area contributed by atoms with Crippen LogP contribution in [0.25, 0.3) is 0 Å². The normalized spacial score (nSPS) is 23.8. The van der Waals surface area contributed by atoms with Crippen molar-refractivity contribution in [1.29, 1.82) is 0 Å². The lowest BCUT2D eigenvalue weighted by Gasteiger charge is -2.34. The topological polar surface area (TPSA) is 72.5 Å². The van der Waals surface area contributed by atoms with Crippen LogP contribution in [-0.2, 0) is 16.0 Å². The van der Waals surface area contributed by atoms with E-state index in [1.54, 1.807) is 21.3 Å². The Morgan fingerprint density at radius 1 is 0.897 bits per heavy atom. The first-order valence-electron chi connectivity index (χ1n) is 9.53. The molecule has 0 unspecified atom stereocenters. The average molecular weight is 398 g/mol. The minimum atomic E-state index is -0.273. The maximum absolute atomic E-state index is 12.7. The molecule has 1 aliphatic carbocycles. The summed E-state index contributed by atoms with van der Waals surface area (Å²) in [5, 5.41) is 0. The fraction of sp³-hybridized carbons (Fsp3) is 0.409. The van der Waals surface area contributed by atoms with Crippen molar-refractivity contribution in [2.75, 3.05) is 34.7 Å². The van der Waals surface area contributed by atoms with Gasteiger partial charge in [0, 0.05) is 11.8 Å². The number of carbonyl (C=O) groups is 1. The van der Waals surface area contributed by atoms with Gasteiger partial charge in [-0.1, -0.05) is 0 Å². The highest BCUT2D eigenvalue weighted by Crippen LogP contribution is 2.52. The van der Waals surface area contributed by atoms with Gasteiger partial charge in [0.15, 0.2) is 23.0 Å².